The zero-order chi connectivity index (χ0) is 23.5. The maximum absolute atomic E-state index is 12.6. The molecule has 0 spiro atoms. The van der Waals surface area contributed by atoms with Crippen LogP contribution in [0.5, 0.6) is 5.75 Å². The summed E-state index contributed by atoms with van der Waals surface area (Å²) in [5.41, 5.74) is 3.37. The van der Waals surface area contributed by atoms with Crippen molar-refractivity contribution in [3.63, 3.8) is 0 Å². The topological polar surface area (TPSA) is 85.8 Å². The van der Waals surface area contributed by atoms with Crippen LogP contribution >= 0.6 is 11.3 Å². The number of esters is 1. The third kappa shape index (κ3) is 4.96. The summed E-state index contributed by atoms with van der Waals surface area (Å²) < 4.78 is 10.3. The lowest BCUT2D eigenvalue weighted by molar-refractivity contribution is -0.147. The molecule has 7 nitrogen and oxygen atoms in total. The van der Waals surface area contributed by atoms with Gasteiger partial charge in [-0.3, -0.25) is 19.3 Å². The van der Waals surface area contributed by atoms with E-state index in [1.54, 1.807) is 24.3 Å². The van der Waals surface area contributed by atoms with Crippen molar-refractivity contribution in [2.24, 2.45) is 5.92 Å². The third-order valence-electron chi connectivity index (χ3n) is 5.54. The highest BCUT2D eigenvalue weighted by Crippen LogP contribution is 2.35. The Morgan fingerprint density at radius 3 is 2.64 bits per heavy atom. The molecule has 4 rings (SSSR count). The van der Waals surface area contributed by atoms with Gasteiger partial charge in [-0.25, -0.2) is 4.98 Å². The van der Waals surface area contributed by atoms with Crippen molar-refractivity contribution in [1.82, 2.24) is 4.98 Å². The van der Waals surface area contributed by atoms with E-state index in [2.05, 4.69) is 4.98 Å². The molecule has 0 radical (unpaired) electrons. The minimum Gasteiger partial charge on any atom is -0.497 e. The van der Waals surface area contributed by atoms with Gasteiger partial charge in [-0.1, -0.05) is 42.0 Å². The molecule has 33 heavy (non-hydrogen) atoms. The van der Waals surface area contributed by atoms with Crippen LogP contribution in [0.2, 0.25) is 0 Å². The zero-order valence-corrected chi connectivity index (χ0v) is 19.5. The number of methoxy groups -OCH3 is 1. The molecule has 1 aliphatic heterocycles. The molecule has 0 aliphatic carbocycles. The maximum atomic E-state index is 12.6. The smallest absolute Gasteiger partial charge is 0.311 e. The second-order valence-corrected chi connectivity index (χ2v) is 9.12. The Balaban J connectivity index is 1.40. The molecule has 0 unspecified atom stereocenters. The number of benzene rings is 2. The Hall–Kier alpha value is -3.52. The van der Waals surface area contributed by atoms with E-state index in [0.717, 1.165) is 21.7 Å². The Morgan fingerprint density at radius 1 is 1.15 bits per heavy atom. The van der Waals surface area contributed by atoms with Crippen molar-refractivity contribution in [3.05, 3.63) is 64.5 Å². The molecule has 0 bridgehead atoms. The fourth-order valence-electron chi connectivity index (χ4n) is 3.66. The lowest BCUT2D eigenvalue weighted by Crippen LogP contribution is -2.27. The molecule has 0 N–H and O–H groups in total. The van der Waals surface area contributed by atoms with Crippen molar-refractivity contribution in [2.75, 3.05) is 25.2 Å². The summed E-state index contributed by atoms with van der Waals surface area (Å²) >= 11 is 1.42. The van der Waals surface area contributed by atoms with Crippen LogP contribution < -0.4 is 9.64 Å². The number of aromatic nitrogens is 1. The van der Waals surface area contributed by atoms with Gasteiger partial charge in [0, 0.05) is 29.0 Å². The number of ether oxygens (including phenoxy) is 2. The van der Waals surface area contributed by atoms with Crippen molar-refractivity contribution in [3.8, 4) is 17.0 Å². The number of Topliss-reactive ketones (excluding diaryl/α,β-unsaturated/α-hetero) is 1. The summed E-state index contributed by atoms with van der Waals surface area (Å²) in [6, 6.07) is 14.7. The highest BCUT2D eigenvalue weighted by Gasteiger charge is 2.38. The van der Waals surface area contributed by atoms with Crippen molar-refractivity contribution < 1.29 is 23.9 Å². The van der Waals surface area contributed by atoms with Crippen LogP contribution in [0.1, 0.15) is 27.2 Å². The number of carbonyl (C=O) groups excluding carboxylic acids is 3. The molecule has 1 aromatic heterocycles. The van der Waals surface area contributed by atoms with E-state index in [-0.39, 0.29) is 31.3 Å². The summed E-state index contributed by atoms with van der Waals surface area (Å²) in [5.74, 6) is -1.16. The van der Waals surface area contributed by atoms with E-state index in [1.165, 1.54) is 23.3 Å². The number of carbonyl (C=O) groups is 3. The van der Waals surface area contributed by atoms with E-state index in [9.17, 15) is 14.4 Å². The van der Waals surface area contributed by atoms with Crippen LogP contribution in [-0.4, -0.2) is 42.9 Å². The Bertz CT molecular complexity index is 1200. The van der Waals surface area contributed by atoms with E-state index < -0.39 is 11.9 Å². The Kier molecular flexibility index (Phi) is 6.55. The number of anilines is 1. The molecule has 3 aromatic rings. The largest absolute Gasteiger partial charge is 0.497 e. The minimum absolute atomic E-state index is 0.0324. The fraction of sp³-hybridized carbons (Fsp3) is 0.280. The first-order chi connectivity index (χ1) is 15.9. The lowest BCUT2D eigenvalue weighted by atomic mass is 10.1. The van der Waals surface area contributed by atoms with E-state index in [0.29, 0.717) is 16.4 Å². The van der Waals surface area contributed by atoms with Gasteiger partial charge in [0.1, 0.15) is 5.75 Å². The standard InChI is InChI=1S/C25H24N2O5S/c1-15-7-9-17(10-8-15)23-16(2)33-25(26-23)27-13-19(12-22(27)29)24(30)32-14-21(28)18-5-4-6-20(11-18)31-3/h4-11,19H,12-14H2,1-3H3/t19-/m1/s1. The molecular weight excluding hydrogens is 440 g/mol. The number of nitrogens with zero attached hydrogens (tertiary/aromatic N) is 2. The Morgan fingerprint density at radius 2 is 1.91 bits per heavy atom. The molecule has 2 heterocycles. The average Bonchev–Trinajstić information content (AvgIpc) is 3.40. The van der Waals surface area contributed by atoms with Gasteiger partial charge < -0.3 is 9.47 Å². The summed E-state index contributed by atoms with van der Waals surface area (Å²) in [6.07, 6.45) is 0.0324. The molecule has 0 saturated carbocycles. The minimum atomic E-state index is -0.636. The number of thiazole rings is 1. The van der Waals surface area contributed by atoms with Gasteiger partial charge in [0.05, 0.1) is 18.7 Å². The Labute approximate surface area is 196 Å². The second-order valence-electron chi connectivity index (χ2n) is 7.94. The van der Waals surface area contributed by atoms with Crippen LogP contribution in [0.3, 0.4) is 0 Å². The number of ketones is 1. The molecule has 1 saturated heterocycles. The molecule has 1 fully saturated rings. The predicted molar refractivity (Wildman–Crippen MR) is 126 cm³/mol. The quantitative estimate of drug-likeness (QED) is 0.385. The van der Waals surface area contributed by atoms with Crippen LogP contribution in [0, 0.1) is 19.8 Å². The predicted octanol–water partition coefficient (Wildman–Crippen LogP) is 4.21. The van der Waals surface area contributed by atoms with Gasteiger partial charge in [0.15, 0.2) is 17.5 Å². The summed E-state index contributed by atoms with van der Waals surface area (Å²) in [4.78, 5) is 44.7. The SMILES string of the molecule is COc1cccc(C(=O)COC(=O)[C@@H]2CC(=O)N(c3nc(-c4ccc(C)cc4)c(C)s3)C2)c1. The number of hydrogen-bond acceptors (Lipinski definition) is 7. The van der Waals surface area contributed by atoms with Crippen LogP contribution in [0.4, 0.5) is 5.13 Å². The fourth-order valence-corrected chi connectivity index (χ4v) is 4.62. The van der Waals surface area contributed by atoms with E-state index >= 15 is 0 Å². The number of rotatable bonds is 7. The van der Waals surface area contributed by atoms with Crippen LogP contribution in [0.15, 0.2) is 48.5 Å². The van der Waals surface area contributed by atoms with Gasteiger partial charge in [0.2, 0.25) is 5.91 Å². The molecule has 1 amide bonds. The van der Waals surface area contributed by atoms with E-state index in [1.807, 2.05) is 38.1 Å². The molecule has 170 valence electrons. The molecule has 1 aliphatic rings. The zero-order valence-electron chi connectivity index (χ0n) is 18.7. The molecule has 8 heteroatoms. The summed E-state index contributed by atoms with van der Waals surface area (Å²) in [5, 5.41) is 0.566. The molecule has 2 aromatic carbocycles. The normalized spacial score (nSPS) is 15.5. The molecular formula is C25H24N2O5S. The third-order valence-corrected chi connectivity index (χ3v) is 6.53. The second kappa shape index (κ2) is 9.54. The van der Waals surface area contributed by atoms with Gasteiger partial charge in [-0.2, -0.15) is 0 Å². The summed E-state index contributed by atoms with van der Waals surface area (Å²) in [7, 11) is 1.51. The average molecular weight is 465 g/mol. The highest BCUT2D eigenvalue weighted by molar-refractivity contribution is 7.16. The number of hydrogen-bond donors (Lipinski definition) is 0. The molecule has 1 atom stereocenters. The van der Waals surface area contributed by atoms with Gasteiger partial charge in [0.25, 0.3) is 0 Å². The van der Waals surface area contributed by atoms with Crippen molar-refractivity contribution >= 4 is 34.1 Å². The summed E-state index contributed by atoms with van der Waals surface area (Å²) in [6.45, 7) is 3.79. The number of amides is 1. The van der Waals surface area contributed by atoms with Gasteiger partial charge >= 0.3 is 5.97 Å². The van der Waals surface area contributed by atoms with Crippen LogP contribution in [-0.2, 0) is 14.3 Å². The monoisotopic (exact) mass is 464 g/mol. The first-order valence-corrected chi connectivity index (χ1v) is 11.4. The van der Waals surface area contributed by atoms with Gasteiger partial charge in [-0.15, -0.1) is 11.3 Å². The van der Waals surface area contributed by atoms with E-state index in [4.69, 9.17) is 9.47 Å². The van der Waals surface area contributed by atoms with Gasteiger partial charge in [-0.05, 0) is 26.0 Å². The highest BCUT2D eigenvalue weighted by atomic mass is 32.1. The first kappa shape index (κ1) is 22.7. The van der Waals surface area contributed by atoms with Crippen LogP contribution in [0.25, 0.3) is 11.3 Å². The number of aryl methyl sites for hydroxylation is 2. The lowest BCUT2D eigenvalue weighted by Gasteiger charge is -2.13. The van der Waals surface area contributed by atoms with Crippen molar-refractivity contribution in [1.29, 1.82) is 0 Å². The van der Waals surface area contributed by atoms with Crippen molar-refractivity contribution in [2.45, 2.75) is 20.3 Å². The maximum Gasteiger partial charge on any atom is 0.311 e. The first-order valence-electron chi connectivity index (χ1n) is 10.5.